The minimum Gasteiger partial charge on any atom is -0.394 e. The molecule has 0 spiro atoms. The normalized spacial score (nSPS) is 16.0. The molecule has 0 fully saturated rings. The largest absolute Gasteiger partial charge is 0.394 e. The Morgan fingerprint density at radius 2 is 0.950 bits per heavy atom. The fraction of sp³-hybridized carbons (Fsp3) is 0.571. The highest BCUT2D eigenvalue weighted by molar-refractivity contribution is 6.23. The van der Waals surface area contributed by atoms with Crippen molar-refractivity contribution < 1.29 is 9.59 Å². The van der Waals surface area contributed by atoms with Crippen molar-refractivity contribution in [3.8, 4) is 0 Å². The van der Waals surface area contributed by atoms with Gasteiger partial charge in [-0.15, -0.1) is 0 Å². The van der Waals surface area contributed by atoms with Gasteiger partial charge < -0.3 is 21.3 Å². The Labute approximate surface area is 120 Å². The van der Waals surface area contributed by atoms with Crippen molar-refractivity contribution in [1.82, 2.24) is 9.80 Å². The van der Waals surface area contributed by atoms with E-state index in [9.17, 15) is 9.59 Å². The summed E-state index contributed by atoms with van der Waals surface area (Å²) in [6.45, 7) is 10.0. The van der Waals surface area contributed by atoms with E-state index >= 15 is 0 Å². The number of hydrogen-bond acceptors (Lipinski definition) is 6. The van der Waals surface area contributed by atoms with Crippen molar-refractivity contribution in [2.45, 2.75) is 27.7 Å². The summed E-state index contributed by atoms with van der Waals surface area (Å²) in [7, 11) is 0. The van der Waals surface area contributed by atoms with Crippen LogP contribution >= 0.6 is 0 Å². The smallest absolute Gasteiger partial charge is 0.229 e. The van der Waals surface area contributed by atoms with E-state index in [1.165, 1.54) is 0 Å². The van der Waals surface area contributed by atoms with Crippen LogP contribution < -0.4 is 11.5 Å². The monoisotopic (exact) mass is 280 g/mol. The van der Waals surface area contributed by atoms with E-state index in [0.717, 1.165) is 0 Å². The van der Waals surface area contributed by atoms with E-state index in [1.807, 2.05) is 27.7 Å². The van der Waals surface area contributed by atoms with Gasteiger partial charge in [-0.3, -0.25) is 9.59 Å². The topological polar surface area (TPSA) is 92.7 Å². The molecule has 20 heavy (non-hydrogen) atoms. The maximum absolute atomic E-state index is 12.4. The second kappa shape index (κ2) is 6.45. The molecule has 0 radical (unpaired) electrons. The number of carbonyl (C=O) groups excluding carboxylic acids is 2. The average Bonchev–Trinajstić information content (AvgIpc) is 2.46. The molecule has 0 unspecified atom stereocenters. The lowest BCUT2D eigenvalue weighted by Gasteiger charge is -2.32. The molecule has 0 heterocycles. The fourth-order valence-corrected chi connectivity index (χ4v) is 2.42. The number of likely N-dealkylation sites (N-methyl/N-ethyl adjacent to an activating group) is 2. The van der Waals surface area contributed by atoms with Gasteiger partial charge in [0.15, 0.2) is 0 Å². The van der Waals surface area contributed by atoms with Gasteiger partial charge in [-0.2, -0.15) is 0 Å². The van der Waals surface area contributed by atoms with Crippen molar-refractivity contribution in [1.29, 1.82) is 0 Å². The van der Waals surface area contributed by atoms with Crippen LogP contribution in [0.15, 0.2) is 22.8 Å². The molecule has 0 saturated heterocycles. The molecule has 1 aliphatic carbocycles. The summed E-state index contributed by atoms with van der Waals surface area (Å²) in [6, 6.07) is 0. The molecule has 0 aliphatic heterocycles. The number of ketones is 2. The van der Waals surface area contributed by atoms with Crippen molar-refractivity contribution in [2.24, 2.45) is 11.5 Å². The van der Waals surface area contributed by atoms with E-state index in [-0.39, 0.29) is 34.4 Å². The molecular formula is C14H24N4O2. The number of carbonyl (C=O) groups is 2. The zero-order valence-electron chi connectivity index (χ0n) is 12.7. The van der Waals surface area contributed by atoms with Crippen LogP contribution in [0.25, 0.3) is 0 Å². The summed E-state index contributed by atoms with van der Waals surface area (Å²) in [5.74, 6) is -0.708. The predicted octanol–water partition coefficient (Wildman–Crippen LogP) is 0.162. The molecule has 0 aromatic carbocycles. The lowest BCUT2D eigenvalue weighted by atomic mass is 9.97. The van der Waals surface area contributed by atoms with E-state index in [0.29, 0.717) is 26.2 Å². The highest BCUT2D eigenvalue weighted by Crippen LogP contribution is 2.24. The molecule has 6 heteroatoms. The number of rotatable bonds is 6. The lowest BCUT2D eigenvalue weighted by molar-refractivity contribution is -0.118. The summed E-state index contributed by atoms with van der Waals surface area (Å²) < 4.78 is 0. The van der Waals surface area contributed by atoms with Crippen LogP contribution in [0.1, 0.15) is 27.7 Å². The third kappa shape index (κ3) is 2.50. The third-order valence-corrected chi connectivity index (χ3v) is 3.59. The summed E-state index contributed by atoms with van der Waals surface area (Å²) in [6.07, 6.45) is 0. The molecule has 1 aliphatic rings. The van der Waals surface area contributed by atoms with Gasteiger partial charge in [0.05, 0.1) is 0 Å². The Morgan fingerprint density at radius 3 is 1.15 bits per heavy atom. The minimum atomic E-state index is -0.354. The Balaban J connectivity index is 3.34. The molecule has 4 N–H and O–H groups in total. The Hall–Kier alpha value is -1.98. The Bertz CT molecular complexity index is 428. The zero-order chi connectivity index (χ0) is 15.4. The second-order valence-electron chi connectivity index (χ2n) is 4.53. The van der Waals surface area contributed by atoms with E-state index in [1.54, 1.807) is 9.80 Å². The van der Waals surface area contributed by atoms with Crippen molar-refractivity contribution >= 4 is 11.6 Å². The first-order chi connectivity index (χ1) is 9.44. The summed E-state index contributed by atoms with van der Waals surface area (Å²) in [5, 5.41) is 0. The summed E-state index contributed by atoms with van der Waals surface area (Å²) in [5.41, 5.74) is 12.3. The van der Waals surface area contributed by atoms with Gasteiger partial charge in [-0.25, -0.2) is 0 Å². The van der Waals surface area contributed by atoms with Gasteiger partial charge in [0.1, 0.15) is 22.8 Å². The van der Waals surface area contributed by atoms with Crippen LogP contribution in [0.2, 0.25) is 0 Å². The van der Waals surface area contributed by atoms with Crippen molar-refractivity contribution in [2.75, 3.05) is 26.2 Å². The third-order valence-electron chi connectivity index (χ3n) is 3.59. The summed E-state index contributed by atoms with van der Waals surface area (Å²) >= 11 is 0. The van der Waals surface area contributed by atoms with Crippen LogP contribution in [0.3, 0.4) is 0 Å². The standard InChI is InChI=1S/C14H24N4O2/c1-5-17(6-2)11-9(15)14(20)12(10(16)13(11)19)18(7-3)8-4/h5-8,15-16H2,1-4H3. The van der Waals surface area contributed by atoms with Crippen LogP contribution in [-0.4, -0.2) is 47.5 Å². The van der Waals surface area contributed by atoms with Gasteiger partial charge in [0.25, 0.3) is 0 Å². The predicted molar refractivity (Wildman–Crippen MR) is 78.3 cm³/mol. The highest BCUT2D eigenvalue weighted by atomic mass is 16.1. The first-order valence-electron chi connectivity index (χ1n) is 7.03. The van der Waals surface area contributed by atoms with Gasteiger partial charge in [-0.1, -0.05) is 0 Å². The maximum Gasteiger partial charge on any atom is 0.229 e. The van der Waals surface area contributed by atoms with Gasteiger partial charge >= 0.3 is 0 Å². The molecule has 0 aromatic heterocycles. The van der Waals surface area contributed by atoms with E-state index < -0.39 is 0 Å². The molecule has 6 nitrogen and oxygen atoms in total. The van der Waals surface area contributed by atoms with Gasteiger partial charge in [0, 0.05) is 26.2 Å². The number of nitrogens with zero attached hydrogens (tertiary/aromatic N) is 2. The maximum atomic E-state index is 12.4. The first-order valence-corrected chi connectivity index (χ1v) is 7.03. The number of Topliss-reactive ketones (excluding diaryl/α,β-unsaturated/α-hetero) is 2. The van der Waals surface area contributed by atoms with Crippen LogP contribution in [0, 0.1) is 0 Å². The van der Waals surface area contributed by atoms with Crippen LogP contribution in [0.5, 0.6) is 0 Å². The minimum absolute atomic E-state index is 0.00481. The van der Waals surface area contributed by atoms with E-state index in [4.69, 9.17) is 11.5 Å². The Morgan fingerprint density at radius 1 is 0.700 bits per heavy atom. The second-order valence-corrected chi connectivity index (χ2v) is 4.53. The van der Waals surface area contributed by atoms with Crippen molar-refractivity contribution in [3.63, 3.8) is 0 Å². The first kappa shape index (κ1) is 16.1. The van der Waals surface area contributed by atoms with Crippen LogP contribution in [0.4, 0.5) is 0 Å². The summed E-state index contributed by atoms with van der Waals surface area (Å²) in [4.78, 5) is 28.4. The van der Waals surface area contributed by atoms with Crippen molar-refractivity contribution in [3.05, 3.63) is 22.8 Å². The van der Waals surface area contributed by atoms with E-state index in [2.05, 4.69) is 0 Å². The molecule has 0 aromatic rings. The number of nitrogens with two attached hydrogens (primary N) is 2. The molecule has 0 amide bonds. The van der Waals surface area contributed by atoms with Gasteiger partial charge in [-0.05, 0) is 27.7 Å². The average molecular weight is 280 g/mol. The fourth-order valence-electron chi connectivity index (χ4n) is 2.42. The van der Waals surface area contributed by atoms with Gasteiger partial charge in [0.2, 0.25) is 11.6 Å². The zero-order valence-corrected chi connectivity index (χ0v) is 12.7. The molecule has 1 rings (SSSR count). The lowest BCUT2D eigenvalue weighted by Crippen LogP contribution is -2.43. The number of hydrogen-bond donors (Lipinski definition) is 2. The SMILES string of the molecule is CCN(CC)C1=C(N)C(=O)C(N(CC)CC)=C(N)C1=O. The highest BCUT2D eigenvalue weighted by Gasteiger charge is 2.36. The molecule has 0 atom stereocenters. The quantitative estimate of drug-likeness (QED) is 0.673. The molecular weight excluding hydrogens is 256 g/mol. The molecule has 0 bridgehead atoms. The van der Waals surface area contributed by atoms with Crippen LogP contribution in [-0.2, 0) is 9.59 Å². The molecule has 112 valence electrons. The Kier molecular flexibility index (Phi) is 5.19. The molecule has 0 saturated carbocycles.